The summed E-state index contributed by atoms with van der Waals surface area (Å²) in [5, 5.41) is 25.3. The summed E-state index contributed by atoms with van der Waals surface area (Å²) in [6, 6.07) is 18.1. The second-order valence-corrected chi connectivity index (χ2v) is 10.3. The minimum Gasteiger partial charge on any atom is -0.488 e. The van der Waals surface area contributed by atoms with Crippen molar-refractivity contribution in [1.82, 2.24) is 5.32 Å². The van der Waals surface area contributed by atoms with E-state index in [1.165, 1.54) is 18.2 Å². The Morgan fingerprint density at radius 2 is 1.92 bits per heavy atom. The van der Waals surface area contributed by atoms with E-state index in [2.05, 4.69) is 5.32 Å². The van der Waals surface area contributed by atoms with Crippen LogP contribution >= 0.6 is 11.6 Å². The maximum absolute atomic E-state index is 14.0. The van der Waals surface area contributed by atoms with Gasteiger partial charge in [-0.25, -0.2) is 0 Å². The molecule has 0 saturated carbocycles. The molecule has 4 rings (SSSR count). The van der Waals surface area contributed by atoms with Crippen LogP contribution in [0.5, 0.6) is 5.75 Å². The third-order valence-electron chi connectivity index (χ3n) is 6.86. The van der Waals surface area contributed by atoms with Crippen LogP contribution in [0.1, 0.15) is 55.5 Å². The third kappa shape index (κ3) is 4.94. The smallest absolute Gasteiger partial charge is 0.274 e. The summed E-state index contributed by atoms with van der Waals surface area (Å²) in [6.45, 7) is 5.36. The molecule has 2 atom stereocenters. The number of nitro groups is 1. The molecule has 0 saturated heterocycles. The number of aryl methyl sites for hydroxylation is 1. The minimum absolute atomic E-state index is 0.166. The summed E-state index contributed by atoms with van der Waals surface area (Å²) in [4.78, 5) is 25.5. The number of nitro benzene ring substituents is 1. The van der Waals surface area contributed by atoms with Crippen LogP contribution in [0.15, 0.2) is 66.7 Å². The van der Waals surface area contributed by atoms with E-state index in [9.17, 15) is 20.0 Å². The highest BCUT2D eigenvalue weighted by molar-refractivity contribution is 6.30. The lowest BCUT2D eigenvalue weighted by Crippen LogP contribution is -2.46. The van der Waals surface area contributed by atoms with Crippen LogP contribution in [0.4, 0.5) is 5.69 Å². The molecule has 0 radical (unpaired) electrons. The molecule has 3 aromatic rings. The van der Waals surface area contributed by atoms with Crippen molar-refractivity contribution >= 4 is 23.2 Å². The fourth-order valence-electron chi connectivity index (χ4n) is 4.67. The molecule has 1 amide bonds. The van der Waals surface area contributed by atoms with Crippen LogP contribution < -0.4 is 10.1 Å². The van der Waals surface area contributed by atoms with E-state index in [1.807, 2.05) is 44.2 Å². The van der Waals surface area contributed by atoms with Crippen LogP contribution in [0.25, 0.3) is 0 Å². The predicted octanol–water partition coefficient (Wildman–Crippen LogP) is 5.51. The highest BCUT2D eigenvalue weighted by atomic mass is 35.5. The van der Waals surface area contributed by atoms with Gasteiger partial charge in [0.1, 0.15) is 16.8 Å². The molecule has 7 nitrogen and oxygen atoms in total. The zero-order valence-electron chi connectivity index (χ0n) is 20.5. The number of rotatable bonds is 7. The van der Waals surface area contributed by atoms with Crippen LogP contribution in [0, 0.1) is 10.1 Å². The van der Waals surface area contributed by atoms with E-state index < -0.39 is 22.3 Å². The average Bonchev–Trinajstić information content (AvgIpc) is 2.86. The van der Waals surface area contributed by atoms with Crippen LogP contribution in [-0.2, 0) is 16.6 Å². The first-order chi connectivity index (χ1) is 17.0. The number of ether oxygens (including phenoxy) is 1. The Bertz CT molecular complexity index is 1290. The summed E-state index contributed by atoms with van der Waals surface area (Å²) in [5.41, 5.74) is 0.376. The number of hydrogen-bond donors (Lipinski definition) is 2. The largest absolute Gasteiger partial charge is 0.488 e. The van der Waals surface area contributed by atoms with Gasteiger partial charge in [0, 0.05) is 11.1 Å². The van der Waals surface area contributed by atoms with Crippen molar-refractivity contribution in [3.8, 4) is 5.75 Å². The van der Waals surface area contributed by atoms with E-state index in [0.717, 1.165) is 29.7 Å². The fourth-order valence-corrected chi connectivity index (χ4v) is 4.84. The van der Waals surface area contributed by atoms with Crippen LogP contribution in [-0.4, -0.2) is 28.1 Å². The molecule has 188 valence electrons. The van der Waals surface area contributed by atoms with Gasteiger partial charge in [0.05, 0.1) is 23.1 Å². The lowest BCUT2D eigenvalue weighted by atomic mass is 9.73. The Labute approximate surface area is 215 Å². The van der Waals surface area contributed by atoms with Crippen LogP contribution in [0.2, 0.25) is 5.02 Å². The molecular weight excluding hydrogens is 480 g/mol. The number of hydrogen-bond acceptors (Lipinski definition) is 5. The Hall–Kier alpha value is -3.42. The number of nitrogens with one attached hydrogen (secondary N) is 1. The number of nitrogens with zero attached hydrogens (tertiary/aromatic N) is 1. The zero-order chi connectivity index (χ0) is 26.1. The number of amides is 1. The van der Waals surface area contributed by atoms with Gasteiger partial charge in [-0.05, 0) is 68.5 Å². The third-order valence-corrected chi connectivity index (χ3v) is 7.09. The van der Waals surface area contributed by atoms with Crippen molar-refractivity contribution in [3.05, 3.63) is 104 Å². The minimum atomic E-state index is -1.49. The molecule has 1 heterocycles. The van der Waals surface area contributed by atoms with Crippen molar-refractivity contribution in [2.45, 2.75) is 50.7 Å². The monoisotopic (exact) mass is 508 g/mol. The van der Waals surface area contributed by atoms with Crippen molar-refractivity contribution in [2.24, 2.45) is 0 Å². The average molecular weight is 509 g/mol. The first kappa shape index (κ1) is 25.7. The molecule has 1 aliphatic rings. The summed E-state index contributed by atoms with van der Waals surface area (Å²) in [5.74, 6) is 0.239. The second kappa shape index (κ2) is 9.91. The van der Waals surface area contributed by atoms with E-state index in [4.69, 9.17) is 16.3 Å². The first-order valence-electron chi connectivity index (χ1n) is 11.8. The van der Waals surface area contributed by atoms with E-state index in [1.54, 1.807) is 25.1 Å². The summed E-state index contributed by atoms with van der Waals surface area (Å²) in [7, 11) is 0. The molecule has 0 aliphatic carbocycles. The zero-order valence-corrected chi connectivity index (χ0v) is 21.2. The topological polar surface area (TPSA) is 102 Å². The van der Waals surface area contributed by atoms with Gasteiger partial charge in [0.2, 0.25) is 5.91 Å². The number of benzene rings is 3. The maximum Gasteiger partial charge on any atom is 0.274 e. The number of aliphatic hydroxyl groups excluding tert-OH is 1. The Kier molecular flexibility index (Phi) is 7.07. The van der Waals surface area contributed by atoms with Gasteiger partial charge in [0.15, 0.2) is 0 Å². The molecule has 3 aromatic carbocycles. The van der Waals surface area contributed by atoms with Gasteiger partial charge >= 0.3 is 0 Å². The molecule has 1 aliphatic heterocycles. The molecule has 0 aromatic heterocycles. The number of carbonyl (C=O) groups is 1. The van der Waals surface area contributed by atoms with E-state index >= 15 is 0 Å². The van der Waals surface area contributed by atoms with Crippen LogP contribution in [0.3, 0.4) is 0 Å². The van der Waals surface area contributed by atoms with E-state index in [-0.39, 0.29) is 28.5 Å². The van der Waals surface area contributed by atoms with Gasteiger partial charge in [-0.2, -0.15) is 0 Å². The standard InChI is InChI=1S/C28H29ClN2O5/c1-27(2)14-13-19-15-20(9-12-25(19)36-27)28(3,22-16-21(29)10-11-24(22)31(34)35)26(33)30-23(17-32)18-7-5-4-6-8-18/h4-12,15-16,23,32H,13-14,17H2,1-3H3,(H,30,33)/t23-,28-/m0/s1. The fraction of sp³-hybridized carbons (Fsp3) is 0.321. The lowest BCUT2D eigenvalue weighted by molar-refractivity contribution is -0.385. The molecule has 2 N–H and O–H groups in total. The quantitative estimate of drug-likeness (QED) is 0.324. The van der Waals surface area contributed by atoms with Gasteiger partial charge in [-0.3, -0.25) is 14.9 Å². The SMILES string of the molecule is CC1(C)CCc2cc([C@](C)(C(=O)N[C@@H](CO)c3ccccc3)c3cc(Cl)ccc3[N+](=O)[O-])ccc2O1. The number of aliphatic hydroxyl groups is 1. The summed E-state index contributed by atoms with van der Waals surface area (Å²) in [6.07, 6.45) is 1.54. The van der Waals surface area contributed by atoms with Gasteiger partial charge in [-0.1, -0.05) is 54.1 Å². The second-order valence-electron chi connectivity index (χ2n) is 9.85. The highest BCUT2D eigenvalue weighted by Gasteiger charge is 2.43. The van der Waals surface area contributed by atoms with Gasteiger partial charge in [0.25, 0.3) is 5.69 Å². The van der Waals surface area contributed by atoms with Crippen molar-refractivity contribution in [2.75, 3.05) is 6.61 Å². The number of fused-ring (bicyclic) bond motifs is 1. The lowest BCUT2D eigenvalue weighted by Gasteiger charge is -2.35. The molecule has 0 spiro atoms. The van der Waals surface area contributed by atoms with Gasteiger partial charge < -0.3 is 15.2 Å². The van der Waals surface area contributed by atoms with Crippen molar-refractivity contribution in [1.29, 1.82) is 0 Å². The first-order valence-corrected chi connectivity index (χ1v) is 12.2. The Balaban J connectivity index is 1.86. The highest BCUT2D eigenvalue weighted by Crippen LogP contribution is 2.42. The predicted molar refractivity (Wildman–Crippen MR) is 138 cm³/mol. The number of halogens is 1. The van der Waals surface area contributed by atoms with Gasteiger partial charge in [-0.15, -0.1) is 0 Å². The number of carbonyl (C=O) groups excluding carboxylic acids is 1. The molecule has 0 bridgehead atoms. The molecular formula is C28H29ClN2O5. The normalized spacial score (nSPS) is 16.7. The Morgan fingerprint density at radius 3 is 2.58 bits per heavy atom. The van der Waals surface area contributed by atoms with Crippen molar-refractivity contribution < 1.29 is 19.6 Å². The molecule has 0 fully saturated rings. The molecule has 0 unspecified atom stereocenters. The maximum atomic E-state index is 14.0. The summed E-state index contributed by atoms with van der Waals surface area (Å²) >= 11 is 6.28. The summed E-state index contributed by atoms with van der Waals surface area (Å²) < 4.78 is 6.11. The van der Waals surface area contributed by atoms with Crippen molar-refractivity contribution in [3.63, 3.8) is 0 Å². The Morgan fingerprint density at radius 1 is 1.19 bits per heavy atom. The molecule has 36 heavy (non-hydrogen) atoms. The van der Waals surface area contributed by atoms with E-state index in [0.29, 0.717) is 5.56 Å². The molecule has 8 heteroatoms.